The first-order valence-corrected chi connectivity index (χ1v) is 5.33. The van der Waals surface area contributed by atoms with Crippen LogP contribution in [0.15, 0.2) is 6.07 Å². The van der Waals surface area contributed by atoms with Crippen LogP contribution < -0.4 is 10.1 Å². The van der Waals surface area contributed by atoms with E-state index in [4.69, 9.17) is 4.74 Å². The van der Waals surface area contributed by atoms with E-state index in [0.29, 0.717) is 30.5 Å². The summed E-state index contributed by atoms with van der Waals surface area (Å²) in [6.07, 6.45) is 0.682. The maximum absolute atomic E-state index is 9.84. The number of rotatable bonds is 5. The van der Waals surface area contributed by atoms with Crippen LogP contribution in [-0.4, -0.2) is 34.3 Å². The van der Waals surface area contributed by atoms with E-state index in [1.165, 1.54) is 0 Å². The Bertz CT molecular complexity index is 353. The lowest BCUT2D eigenvalue weighted by atomic mass is 10.0. The summed E-state index contributed by atoms with van der Waals surface area (Å²) >= 11 is 0. The van der Waals surface area contributed by atoms with E-state index < -0.39 is 5.60 Å². The molecule has 5 nitrogen and oxygen atoms in total. The van der Waals surface area contributed by atoms with Gasteiger partial charge >= 0.3 is 0 Å². The Kier molecular flexibility index (Phi) is 4.06. The average Bonchev–Trinajstić information content (AvgIpc) is 2.26. The molecule has 0 aliphatic heterocycles. The number of hydrogen-bond donors (Lipinski definition) is 2. The van der Waals surface area contributed by atoms with Gasteiger partial charge in [0.05, 0.1) is 12.7 Å². The van der Waals surface area contributed by atoms with Crippen molar-refractivity contribution in [2.45, 2.75) is 32.8 Å². The van der Waals surface area contributed by atoms with Crippen molar-refractivity contribution in [3.8, 4) is 5.88 Å². The van der Waals surface area contributed by atoms with Gasteiger partial charge < -0.3 is 15.2 Å². The molecule has 90 valence electrons. The van der Waals surface area contributed by atoms with E-state index >= 15 is 0 Å². The van der Waals surface area contributed by atoms with Crippen LogP contribution in [0.2, 0.25) is 0 Å². The van der Waals surface area contributed by atoms with E-state index in [1.54, 1.807) is 27.0 Å². The van der Waals surface area contributed by atoms with Gasteiger partial charge in [0, 0.05) is 12.6 Å². The summed E-state index contributed by atoms with van der Waals surface area (Å²) in [4.78, 5) is 8.29. The van der Waals surface area contributed by atoms with Gasteiger partial charge in [-0.2, -0.15) is 4.98 Å². The minimum atomic E-state index is -0.730. The summed E-state index contributed by atoms with van der Waals surface area (Å²) in [6, 6.07) is 1.71. The molecule has 0 radical (unpaired) electrons. The van der Waals surface area contributed by atoms with Gasteiger partial charge in [-0.25, -0.2) is 4.98 Å². The Labute approximate surface area is 95.9 Å². The molecule has 0 aliphatic carbocycles. The fourth-order valence-electron chi connectivity index (χ4n) is 1.14. The monoisotopic (exact) mass is 225 g/mol. The smallest absolute Gasteiger partial charge is 0.218 e. The number of hydrogen-bond acceptors (Lipinski definition) is 5. The van der Waals surface area contributed by atoms with E-state index in [9.17, 15) is 5.11 Å². The van der Waals surface area contributed by atoms with Crippen molar-refractivity contribution >= 4 is 5.82 Å². The Morgan fingerprint density at radius 2 is 2.19 bits per heavy atom. The third-order valence-electron chi connectivity index (χ3n) is 2.44. The van der Waals surface area contributed by atoms with Crippen LogP contribution in [0.5, 0.6) is 5.88 Å². The summed E-state index contributed by atoms with van der Waals surface area (Å²) < 4.78 is 5.04. The van der Waals surface area contributed by atoms with Gasteiger partial charge in [0.15, 0.2) is 0 Å². The molecule has 0 saturated heterocycles. The van der Waals surface area contributed by atoms with Crippen LogP contribution >= 0.6 is 0 Å². The number of anilines is 1. The fraction of sp³-hybridized carbons (Fsp3) is 0.636. The standard InChI is InChI=1S/C11H19N3O2/c1-5-11(3,15)7-12-9-6-10(16-4)14-8(2)13-9/h6,15H,5,7H2,1-4H3,(H,12,13,14). The zero-order chi connectivity index (χ0) is 12.2. The lowest BCUT2D eigenvalue weighted by Crippen LogP contribution is -2.32. The zero-order valence-electron chi connectivity index (χ0n) is 10.2. The van der Waals surface area contributed by atoms with Crippen LogP contribution in [0, 0.1) is 6.92 Å². The Morgan fingerprint density at radius 3 is 2.75 bits per heavy atom. The van der Waals surface area contributed by atoms with Crippen molar-refractivity contribution in [1.29, 1.82) is 0 Å². The number of methoxy groups -OCH3 is 1. The molecule has 5 heteroatoms. The predicted octanol–water partition coefficient (Wildman–Crippen LogP) is 1.37. The lowest BCUT2D eigenvalue weighted by molar-refractivity contribution is 0.0696. The van der Waals surface area contributed by atoms with Gasteiger partial charge in [0.25, 0.3) is 0 Å². The van der Waals surface area contributed by atoms with Crippen molar-refractivity contribution in [1.82, 2.24) is 9.97 Å². The van der Waals surface area contributed by atoms with E-state index in [0.717, 1.165) is 0 Å². The lowest BCUT2D eigenvalue weighted by Gasteiger charge is -2.22. The zero-order valence-corrected chi connectivity index (χ0v) is 10.2. The number of aryl methyl sites for hydroxylation is 1. The molecular formula is C11H19N3O2. The molecule has 1 unspecified atom stereocenters. The Hall–Kier alpha value is -1.36. The maximum atomic E-state index is 9.84. The van der Waals surface area contributed by atoms with E-state index in [2.05, 4.69) is 15.3 Å². The summed E-state index contributed by atoms with van der Waals surface area (Å²) in [7, 11) is 1.56. The molecule has 0 spiro atoms. The number of nitrogens with one attached hydrogen (secondary N) is 1. The maximum Gasteiger partial charge on any atom is 0.218 e. The number of aliphatic hydroxyl groups is 1. The predicted molar refractivity (Wildman–Crippen MR) is 62.7 cm³/mol. The second-order valence-electron chi connectivity index (χ2n) is 4.05. The SMILES string of the molecule is CCC(C)(O)CNc1cc(OC)nc(C)n1. The van der Waals surface area contributed by atoms with Crippen molar-refractivity contribution in [2.24, 2.45) is 0 Å². The number of nitrogens with zero attached hydrogens (tertiary/aromatic N) is 2. The third kappa shape index (κ3) is 3.66. The molecule has 0 bridgehead atoms. The molecule has 1 heterocycles. The fourth-order valence-corrected chi connectivity index (χ4v) is 1.14. The van der Waals surface area contributed by atoms with E-state index in [1.807, 2.05) is 6.92 Å². The number of ether oxygens (including phenoxy) is 1. The molecule has 0 aliphatic rings. The summed E-state index contributed by atoms with van der Waals surface area (Å²) in [5, 5.41) is 12.9. The van der Waals surface area contributed by atoms with Crippen LogP contribution in [0.1, 0.15) is 26.1 Å². The molecule has 16 heavy (non-hydrogen) atoms. The first-order valence-electron chi connectivity index (χ1n) is 5.33. The Balaban J connectivity index is 2.70. The highest BCUT2D eigenvalue weighted by Crippen LogP contribution is 2.15. The van der Waals surface area contributed by atoms with Crippen LogP contribution in [-0.2, 0) is 0 Å². The van der Waals surface area contributed by atoms with Crippen molar-refractivity contribution in [2.75, 3.05) is 19.0 Å². The molecule has 2 N–H and O–H groups in total. The number of aromatic nitrogens is 2. The minimum absolute atomic E-state index is 0.448. The van der Waals surface area contributed by atoms with Crippen LogP contribution in [0.3, 0.4) is 0 Å². The van der Waals surface area contributed by atoms with Crippen molar-refractivity contribution in [3.63, 3.8) is 0 Å². The van der Waals surface area contributed by atoms with Gasteiger partial charge in [-0.15, -0.1) is 0 Å². The van der Waals surface area contributed by atoms with Gasteiger partial charge in [0.1, 0.15) is 11.6 Å². The van der Waals surface area contributed by atoms with Gasteiger partial charge in [0.2, 0.25) is 5.88 Å². The highest BCUT2D eigenvalue weighted by molar-refractivity contribution is 5.38. The molecular weight excluding hydrogens is 206 g/mol. The summed E-state index contributed by atoms with van der Waals surface area (Å²) in [6.45, 7) is 5.97. The van der Waals surface area contributed by atoms with Crippen LogP contribution in [0.25, 0.3) is 0 Å². The Morgan fingerprint density at radius 1 is 1.50 bits per heavy atom. The second kappa shape index (κ2) is 5.12. The highest BCUT2D eigenvalue weighted by atomic mass is 16.5. The van der Waals surface area contributed by atoms with Crippen molar-refractivity contribution in [3.05, 3.63) is 11.9 Å². The summed E-state index contributed by atoms with van der Waals surface area (Å²) in [5.41, 5.74) is -0.730. The molecule has 1 aromatic rings. The molecule has 0 amide bonds. The first kappa shape index (κ1) is 12.7. The molecule has 1 rings (SSSR count). The average molecular weight is 225 g/mol. The molecule has 0 fully saturated rings. The highest BCUT2D eigenvalue weighted by Gasteiger charge is 2.17. The molecule has 0 aromatic carbocycles. The largest absolute Gasteiger partial charge is 0.481 e. The minimum Gasteiger partial charge on any atom is -0.481 e. The van der Waals surface area contributed by atoms with Gasteiger partial charge in [-0.05, 0) is 20.3 Å². The van der Waals surface area contributed by atoms with Gasteiger partial charge in [-0.1, -0.05) is 6.92 Å². The van der Waals surface area contributed by atoms with Gasteiger partial charge in [-0.3, -0.25) is 0 Å². The first-order chi connectivity index (χ1) is 7.46. The quantitative estimate of drug-likeness (QED) is 0.792. The normalized spacial score (nSPS) is 14.3. The van der Waals surface area contributed by atoms with Crippen LogP contribution in [0.4, 0.5) is 5.82 Å². The summed E-state index contributed by atoms with van der Waals surface area (Å²) in [5.74, 6) is 1.82. The topological polar surface area (TPSA) is 67.3 Å². The second-order valence-corrected chi connectivity index (χ2v) is 4.05. The van der Waals surface area contributed by atoms with Crippen molar-refractivity contribution < 1.29 is 9.84 Å². The molecule has 1 atom stereocenters. The molecule has 1 aromatic heterocycles. The van der Waals surface area contributed by atoms with E-state index in [-0.39, 0.29) is 0 Å². The third-order valence-corrected chi connectivity index (χ3v) is 2.44. The molecule has 0 saturated carbocycles.